The van der Waals surface area contributed by atoms with Crippen molar-refractivity contribution in [2.24, 2.45) is 17.8 Å². The third kappa shape index (κ3) is 2.72. The maximum absolute atomic E-state index is 11.0. The summed E-state index contributed by atoms with van der Waals surface area (Å²) in [5.74, 6) is 1.94. The summed E-state index contributed by atoms with van der Waals surface area (Å²) in [6.07, 6.45) is 6.34. The Morgan fingerprint density at radius 2 is 1.80 bits per heavy atom. The molecule has 0 aromatic heterocycles. The molecular weight excluding hydrogens is 212 g/mol. The molecule has 0 aromatic carbocycles. The largest absolute Gasteiger partial charge is 0.393 e. The highest BCUT2D eigenvalue weighted by Crippen LogP contribution is 2.57. The van der Waals surface area contributed by atoms with Crippen molar-refractivity contribution in [3.8, 4) is 0 Å². The zero-order valence-electron chi connectivity index (χ0n) is 9.22. The first-order chi connectivity index (χ1) is 6.99. The van der Waals surface area contributed by atoms with Gasteiger partial charge in [-0.05, 0) is 37.0 Å². The van der Waals surface area contributed by atoms with Crippen LogP contribution in [0.25, 0.3) is 0 Å². The van der Waals surface area contributed by atoms with Crippen molar-refractivity contribution in [3.63, 3.8) is 0 Å². The molecule has 88 valence electrons. The van der Waals surface area contributed by atoms with E-state index in [4.69, 9.17) is 0 Å². The second-order valence-electron chi connectivity index (χ2n) is 5.18. The molecule has 0 saturated heterocycles. The molecule has 0 bridgehead atoms. The molecule has 3 unspecified atom stereocenters. The molecule has 0 heterocycles. The Bertz CT molecular complexity index is 311. The van der Waals surface area contributed by atoms with Gasteiger partial charge in [-0.2, -0.15) is 0 Å². The zero-order valence-corrected chi connectivity index (χ0v) is 10.0. The molecule has 0 aromatic rings. The molecule has 2 saturated carbocycles. The third-order valence-corrected chi connectivity index (χ3v) is 4.93. The van der Waals surface area contributed by atoms with Crippen molar-refractivity contribution in [2.75, 3.05) is 12.0 Å². The van der Waals surface area contributed by atoms with Gasteiger partial charge in [-0.25, -0.2) is 8.42 Å². The minimum absolute atomic E-state index is 0.129. The lowest BCUT2D eigenvalue weighted by molar-refractivity contribution is 0.137. The Kier molecular flexibility index (Phi) is 3.08. The van der Waals surface area contributed by atoms with Crippen LogP contribution in [0.15, 0.2) is 0 Å². The lowest BCUT2D eigenvalue weighted by Crippen LogP contribution is -2.17. The quantitative estimate of drug-likeness (QED) is 0.793. The number of hydrogen-bond acceptors (Lipinski definition) is 3. The molecule has 1 N–H and O–H groups in total. The Morgan fingerprint density at radius 1 is 1.27 bits per heavy atom. The van der Waals surface area contributed by atoms with Gasteiger partial charge in [0.1, 0.15) is 9.84 Å². The molecule has 3 nitrogen and oxygen atoms in total. The van der Waals surface area contributed by atoms with E-state index in [1.807, 2.05) is 0 Å². The van der Waals surface area contributed by atoms with Gasteiger partial charge in [0.15, 0.2) is 0 Å². The van der Waals surface area contributed by atoms with Gasteiger partial charge in [0, 0.05) is 6.26 Å². The molecule has 2 fully saturated rings. The Balaban J connectivity index is 1.80. The van der Waals surface area contributed by atoms with Crippen LogP contribution in [0.3, 0.4) is 0 Å². The van der Waals surface area contributed by atoms with Crippen molar-refractivity contribution < 1.29 is 13.5 Å². The highest BCUT2D eigenvalue weighted by Gasteiger charge is 2.53. The van der Waals surface area contributed by atoms with Crippen LogP contribution in [0.5, 0.6) is 0 Å². The summed E-state index contributed by atoms with van der Waals surface area (Å²) in [6, 6.07) is 0. The molecule has 0 spiro atoms. The van der Waals surface area contributed by atoms with Crippen LogP contribution in [0.1, 0.15) is 32.1 Å². The Morgan fingerprint density at radius 3 is 2.27 bits per heavy atom. The van der Waals surface area contributed by atoms with E-state index in [1.54, 1.807) is 0 Å². The zero-order chi connectivity index (χ0) is 11.1. The molecule has 15 heavy (non-hydrogen) atoms. The van der Waals surface area contributed by atoms with Crippen molar-refractivity contribution >= 4 is 9.84 Å². The van der Waals surface area contributed by atoms with Gasteiger partial charge in [0.25, 0.3) is 0 Å². The summed E-state index contributed by atoms with van der Waals surface area (Å²) >= 11 is 0. The summed E-state index contributed by atoms with van der Waals surface area (Å²) in [5.41, 5.74) is 0. The second kappa shape index (κ2) is 4.06. The van der Waals surface area contributed by atoms with Crippen LogP contribution in [-0.4, -0.2) is 31.6 Å². The average Bonchev–Trinajstić information content (AvgIpc) is 2.87. The van der Waals surface area contributed by atoms with Crippen LogP contribution in [0.2, 0.25) is 0 Å². The van der Waals surface area contributed by atoms with Crippen LogP contribution >= 0.6 is 0 Å². The Labute approximate surface area is 91.8 Å². The molecule has 4 heteroatoms. The topological polar surface area (TPSA) is 54.4 Å². The van der Waals surface area contributed by atoms with Crippen molar-refractivity contribution in [3.05, 3.63) is 0 Å². The van der Waals surface area contributed by atoms with Gasteiger partial charge in [0.05, 0.1) is 11.9 Å². The van der Waals surface area contributed by atoms with E-state index in [0.717, 1.165) is 0 Å². The standard InChI is InChI=1S/C11H20O3S/c1-15(13,14)7-6-10(12)11-8-4-2-3-5-9(8)11/h8-12H,2-7H2,1H3. The summed E-state index contributed by atoms with van der Waals surface area (Å²) in [6.45, 7) is 0. The Hall–Kier alpha value is -0.0900. The van der Waals surface area contributed by atoms with Gasteiger partial charge >= 0.3 is 0 Å². The van der Waals surface area contributed by atoms with Crippen molar-refractivity contribution in [2.45, 2.75) is 38.2 Å². The number of sulfone groups is 1. The first-order valence-electron chi connectivity index (χ1n) is 5.85. The van der Waals surface area contributed by atoms with E-state index in [0.29, 0.717) is 24.2 Å². The molecule has 2 rings (SSSR count). The fourth-order valence-corrected chi connectivity index (χ4v) is 3.82. The highest BCUT2D eigenvalue weighted by atomic mass is 32.2. The fourth-order valence-electron chi connectivity index (χ4n) is 3.15. The van der Waals surface area contributed by atoms with Crippen molar-refractivity contribution in [1.82, 2.24) is 0 Å². The van der Waals surface area contributed by atoms with E-state index >= 15 is 0 Å². The predicted octanol–water partition coefficient (Wildman–Crippen LogP) is 1.22. The molecule has 2 aliphatic carbocycles. The average molecular weight is 232 g/mol. The fraction of sp³-hybridized carbons (Fsp3) is 1.00. The molecule has 0 aliphatic heterocycles. The number of fused-ring (bicyclic) bond motifs is 1. The maximum Gasteiger partial charge on any atom is 0.147 e. The van der Waals surface area contributed by atoms with E-state index in [1.165, 1.54) is 31.9 Å². The highest BCUT2D eigenvalue weighted by molar-refractivity contribution is 7.90. The molecular formula is C11H20O3S. The minimum Gasteiger partial charge on any atom is -0.393 e. The van der Waals surface area contributed by atoms with E-state index < -0.39 is 9.84 Å². The number of hydrogen-bond donors (Lipinski definition) is 1. The second-order valence-corrected chi connectivity index (χ2v) is 7.44. The smallest absolute Gasteiger partial charge is 0.147 e. The van der Waals surface area contributed by atoms with E-state index in [2.05, 4.69) is 0 Å². The lowest BCUT2D eigenvalue weighted by atomic mass is 10.0. The van der Waals surface area contributed by atoms with Gasteiger partial charge in [0.2, 0.25) is 0 Å². The first kappa shape index (κ1) is 11.4. The van der Waals surface area contributed by atoms with Crippen LogP contribution in [0.4, 0.5) is 0 Å². The van der Waals surface area contributed by atoms with Gasteiger partial charge in [-0.3, -0.25) is 0 Å². The molecule has 0 radical (unpaired) electrons. The summed E-state index contributed by atoms with van der Waals surface area (Å²) in [7, 11) is -2.92. The minimum atomic E-state index is -2.92. The van der Waals surface area contributed by atoms with Gasteiger partial charge in [-0.1, -0.05) is 12.8 Å². The summed E-state index contributed by atoms with van der Waals surface area (Å²) in [4.78, 5) is 0. The third-order valence-electron chi connectivity index (χ3n) is 3.95. The van der Waals surface area contributed by atoms with Crippen LogP contribution < -0.4 is 0 Å². The monoisotopic (exact) mass is 232 g/mol. The first-order valence-corrected chi connectivity index (χ1v) is 7.91. The normalized spacial score (nSPS) is 37.1. The number of aliphatic hydroxyl groups is 1. The van der Waals surface area contributed by atoms with Crippen molar-refractivity contribution in [1.29, 1.82) is 0 Å². The molecule has 2 aliphatic rings. The lowest BCUT2D eigenvalue weighted by Gasteiger charge is -2.08. The van der Waals surface area contributed by atoms with Gasteiger partial charge < -0.3 is 5.11 Å². The molecule has 0 amide bonds. The maximum atomic E-state index is 11.0. The summed E-state index contributed by atoms with van der Waals surface area (Å²) in [5, 5.41) is 9.92. The SMILES string of the molecule is CS(=O)(=O)CCC(O)C1C2CCCCC21. The van der Waals surface area contributed by atoms with Crippen LogP contribution in [-0.2, 0) is 9.84 Å². The number of rotatable bonds is 4. The predicted molar refractivity (Wildman–Crippen MR) is 59.3 cm³/mol. The van der Waals surface area contributed by atoms with E-state index in [9.17, 15) is 13.5 Å². The summed E-state index contributed by atoms with van der Waals surface area (Å²) < 4.78 is 22.0. The molecule has 3 atom stereocenters. The van der Waals surface area contributed by atoms with E-state index in [-0.39, 0.29) is 11.9 Å². The number of aliphatic hydroxyl groups excluding tert-OH is 1. The van der Waals surface area contributed by atoms with Crippen LogP contribution in [0, 0.1) is 17.8 Å². The van der Waals surface area contributed by atoms with Gasteiger partial charge in [-0.15, -0.1) is 0 Å².